The second-order valence-corrected chi connectivity index (χ2v) is 10.8. The van der Waals surface area contributed by atoms with E-state index in [2.05, 4.69) is 25.3 Å². The van der Waals surface area contributed by atoms with E-state index in [1.54, 1.807) is 19.9 Å². The second kappa shape index (κ2) is 10.8. The fourth-order valence-electron chi connectivity index (χ4n) is 3.48. The topological polar surface area (TPSA) is 126 Å². The molecule has 0 spiro atoms. The monoisotopic (exact) mass is 534 g/mol. The fourth-order valence-corrected chi connectivity index (χ4v) is 5.03. The Kier molecular flexibility index (Phi) is 8.30. The number of nitrogens with zero attached hydrogens (tertiary/aromatic N) is 5. The number of benzene rings is 1. The lowest BCUT2D eigenvalue weighted by atomic mass is 10.00. The standard InChI is InChI=1S/C20H25F3N6O4S2/c1-4-7-29-8-5-6-13-9-14(15(10-16(13)29)28-35(31,32)11-20(21,22)23)24-26-19-27-25-17(34-19)18(30)33-12(2)3/h9-10,12,28H,4-8,11H2,1-3H3. The average Bonchev–Trinajstić information content (AvgIpc) is 3.19. The molecule has 0 fully saturated rings. The summed E-state index contributed by atoms with van der Waals surface area (Å²) in [7, 11) is -4.75. The molecule has 15 heteroatoms. The molecule has 2 aromatic rings. The van der Waals surface area contributed by atoms with Crippen LogP contribution in [0.15, 0.2) is 22.4 Å². The van der Waals surface area contributed by atoms with Crippen LogP contribution >= 0.6 is 11.3 Å². The van der Waals surface area contributed by atoms with E-state index in [0.717, 1.165) is 42.0 Å². The number of fused-ring (bicyclic) bond motifs is 1. The number of azo groups is 1. The van der Waals surface area contributed by atoms with E-state index in [4.69, 9.17) is 4.74 Å². The first-order valence-corrected chi connectivity index (χ1v) is 13.3. The Hall–Kier alpha value is -2.81. The quantitative estimate of drug-likeness (QED) is 0.355. The first-order chi connectivity index (χ1) is 16.4. The Balaban J connectivity index is 1.96. The number of hydrogen-bond donors (Lipinski definition) is 1. The van der Waals surface area contributed by atoms with Gasteiger partial charge in [-0.05, 0) is 50.8 Å². The number of halogens is 3. The smallest absolute Gasteiger partial charge is 0.404 e. The van der Waals surface area contributed by atoms with Crippen LogP contribution in [0.2, 0.25) is 0 Å². The summed E-state index contributed by atoms with van der Waals surface area (Å²) in [5.74, 6) is -2.71. The van der Waals surface area contributed by atoms with Crippen molar-refractivity contribution in [3.63, 3.8) is 0 Å². The zero-order chi connectivity index (χ0) is 25.8. The van der Waals surface area contributed by atoms with Crippen LogP contribution in [0.4, 0.5) is 35.4 Å². The maximum atomic E-state index is 12.8. The minimum Gasteiger partial charge on any atom is -0.458 e. The van der Waals surface area contributed by atoms with Gasteiger partial charge in [-0.25, -0.2) is 13.2 Å². The van der Waals surface area contributed by atoms with Gasteiger partial charge < -0.3 is 9.64 Å². The summed E-state index contributed by atoms with van der Waals surface area (Å²) in [6.07, 6.45) is -2.87. The van der Waals surface area contributed by atoms with E-state index in [9.17, 15) is 26.4 Å². The lowest BCUT2D eigenvalue weighted by Crippen LogP contribution is -2.31. The molecule has 10 nitrogen and oxygen atoms in total. The minimum absolute atomic E-state index is 0.00450. The van der Waals surface area contributed by atoms with Gasteiger partial charge in [-0.3, -0.25) is 4.72 Å². The molecule has 1 N–H and O–H groups in total. The number of carbonyl (C=O) groups excluding carboxylic acids is 1. The van der Waals surface area contributed by atoms with Crippen LogP contribution in [0, 0.1) is 0 Å². The molecule has 1 aliphatic rings. The van der Waals surface area contributed by atoms with E-state index < -0.39 is 27.9 Å². The SMILES string of the molecule is CCCN1CCCc2cc(N=Nc3nnc(C(=O)OC(C)C)s3)c(NS(=O)(=O)CC(F)(F)F)cc21. The number of esters is 1. The molecule has 0 saturated heterocycles. The van der Waals surface area contributed by atoms with Crippen molar-refractivity contribution in [2.75, 3.05) is 28.5 Å². The Labute approximate surface area is 204 Å². The van der Waals surface area contributed by atoms with Crippen molar-refractivity contribution in [3.8, 4) is 0 Å². The van der Waals surface area contributed by atoms with Crippen molar-refractivity contribution in [1.82, 2.24) is 10.2 Å². The maximum absolute atomic E-state index is 12.8. The van der Waals surface area contributed by atoms with Crippen molar-refractivity contribution in [3.05, 3.63) is 22.7 Å². The number of sulfonamides is 1. The third-order valence-corrected chi connectivity index (χ3v) is 6.73. The van der Waals surface area contributed by atoms with Gasteiger partial charge in [-0.15, -0.1) is 20.4 Å². The number of carbonyl (C=O) groups is 1. The highest BCUT2D eigenvalue weighted by molar-refractivity contribution is 7.92. The minimum atomic E-state index is -4.91. The summed E-state index contributed by atoms with van der Waals surface area (Å²) in [4.78, 5) is 14.0. The van der Waals surface area contributed by atoms with Crippen molar-refractivity contribution in [2.45, 2.75) is 52.3 Å². The van der Waals surface area contributed by atoms with Gasteiger partial charge in [0.15, 0.2) is 5.75 Å². The van der Waals surface area contributed by atoms with Gasteiger partial charge in [0.25, 0.3) is 5.13 Å². The number of alkyl halides is 3. The van der Waals surface area contributed by atoms with E-state index in [-0.39, 0.29) is 27.6 Å². The number of anilines is 2. The zero-order valence-corrected chi connectivity index (χ0v) is 20.9. The molecule has 0 atom stereocenters. The Morgan fingerprint density at radius 3 is 2.69 bits per heavy atom. The summed E-state index contributed by atoms with van der Waals surface area (Å²) in [6, 6.07) is 3.08. The van der Waals surface area contributed by atoms with Crippen LogP contribution in [-0.2, 0) is 21.2 Å². The van der Waals surface area contributed by atoms with Crippen molar-refractivity contribution in [2.24, 2.45) is 10.2 Å². The molecule has 0 unspecified atom stereocenters. The molecule has 3 rings (SSSR count). The maximum Gasteiger partial charge on any atom is 0.404 e. The Morgan fingerprint density at radius 1 is 1.29 bits per heavy atom. The molecule has 35 heavy (non-hydrogen) atoms. The summed E-state index contributed by atoms with van der Waals surface area (Å²) in [5, 5.41) is 15.3. The largest absolute Gasteiger partial charge is 0.458 e. The highest BCUT2D eigenvalue weighted by atomic mass is 32.2. The number of aryl methyl sites for hydroxylation is 1. The molecule has 1 aromatic heterocycles. The highest BCUT2D eigenvalue weighted by Gasteiger charge is 2.35. The third-order valence-electron chi connectivity index (χ3n) is 4.70. The number of rotatable bonds is 9. The van der Waals surface area contributed by atoms with Gasteiger partial charge in [0.05, 0.1) is 11.8 Å². The number of aromatic nitrogens is 2. The van der Waals surface area contributed by atoms with Crippen LogP contribution in [0.1, 0.15) is 49.0 Å². The number of nitrogens with one attached hydrogen (secondary N) is 1. The molecule has 0 saturated carbocycles. The van der Waals surface area contributed by atoms with Gasteiger partial charge in [0.2, 0.25) is 15.0 Å². The normalized spacial score (nSPS) is 14.4. The van der Waals surface area contributed by atoms with Crippen LogP contribution in [0.5, 0.6) is 0 Å². The molecule has 0 bridgehead atoms. The summed E-state index contributed by atoms with van der Waals surface area (Å²) < 4.78 is 69.8. The molecule has 1 aromatic carbocycles. The predicted octanol–water partition coefficient (Wildman–Crippen LogP) is 4.99. The highest BCUT2D eigenvalue weighted by Crippen LogP contribution is 2.38. The first-order valence-electron chi connectivity index (χ1n) is 10.8. The lowest BCUT2D eigenvalue weighted by Gasteiger charge is -2.32. The Morgan fingerprint density at radius 2 is 2.03 bits per heavy atom. The molecule has 192 valence electrons. The lowest BCUT2D eigenvalue weighted by molar-refractivity contribution is -0.106. The summed E-state index contributed by atoms with van der Waals surface area (Å²) in [5.41, 5.74) is 1.49. The molecule has 2 heterocycles. The number of hydrogen-bond acceptors (Lipinski definition) is 10. The third kappa shape index (κ3) is 7.59. The molecular formula is C20H25F3N6O4S2. The van der Waals surface area contributed by atoms with E-state index in [1.165, 1.54) is 6.07 Å². The van der Waals surface area contributed by atoms with E-state index in [0.29, 0.717) is 13.0 Å². The van der Waals surface area contributed by atoms with E-state index in [1.807, 2.05) is 11.6 Å². The first kappa shape index (κ1) is 26.8. The van der Waals surface area contributed by atoms with Crippen LogP contribution in [0.25, 0.3) is 0 Å². The van der Waals surface area contributed by atoms with Gasteiger partial charge in [-0.2, -0.15) is 13.2 Å². The van der Waals surface area contributed by atoms with Crippen molar-refractivity contribution >= 4 is 49.5 Å². The molecule has 0 amide bonds. The zero-order valence-electron chi connectivity index (χ0n) is 19.3. The van der Waals surface area contributed by atoms with Gasteiger partial charge in [0.1, 0.15) is 5.69 Å². The van der Waals surface area contributed by atoms with E-state index >= 15 is 0 Å². The second-order valence-electron chi connectivity index (χ2n) is 8.11. The molecular weight excluding hydrogens is 509 g/mol. The molecule has 1 aliphatic heterocycles. The van der Waals surface area contributed by atoms with Crippen molar-refractivity contribution < 1.29 is 31.1 Å². The van der Waals surface area contributed by atoms with Gasteiger partial charge >= 0.3 is 12.1 Å². The van der Waals surface area contributed by atoms with Crippen molar-refractivity contribution in [1.29, 1.82) is 0 Å². The number of ether oxygens (including phenoxy) is 1. The summed E-state index contributed by atoms with van der Waals surface area (Å²) >= 11 is 0.812. The molecule has 0 aliphatic carbocycles. The molecule has 0 radical (unpaired) electrons. The van der Waals surface area contributed by atoms with Gasteiger partial charge in [-0.1, -0.05) is 18.3 Å². The predicted molar refractivity (Wildman–Crippen MR) is 125 cm³/mol. The van der Waals surface area contributed by atoms with Crippen LogP contribution in [-0.4, -0.2) is 55.7 Å². The average molecular weight is 535 g/mol. The fraction of sp³-hybridized carbons (Fsp3) is 0.550. The van der Waals surface area contributed by atoms with Crippen LogP contribution in [0.3, 0.4) is 0 Å². The van der Waals surface area contributed by atoms with Gasteiger partial charge in [0, 0.05) is 18.8 Å². The van der Waals surface area contributed by atoms with Crippen LogP contribution < -0.4 is 9.62 Å². The Bertz CT molecular complexity index is 1200. The summed E-state index contributed by atoms with van der Waals surface area (Å²) in [6.45, 7) is 6.81.